The van der Waals surface area contributed by atoms with E-state index in [1.807, 2.05) is 0 Å². The van der Waals surface area contributed by atoms with E-state index < -0.39 is 0 Å². The SMILES string of the molecule is C[C@@H]1CNC[C@H]1CN(C)C1CCCC1. The van der Waals surface area contributed by atoms with Crippen molar-refractivity contribution in [2.75, 3.05) is 26.7 Å². The van der Waals surface area contributed by atoms with Gasteiger partial charge in [-0.25, -0.2) is 0 Å². The second kappa shape index (κ2) is 4.63. The van der Waals surface area contributed by atoms with Gasteiger partial charge in [0.15, 0.2) is 0 Å². The zero-order valence-electron chi connectivity index (χ0n) is 9.63. The molecule has 2 nitrogen and oxygen atoms in total. The molecule has 1 heterocycles. The van der Waals surface area contributed by atoms with Gasteiger partial charge >= 0.3 is 0 Å². The molecule has 2 heteroatoms. The van der Waals surface area contributed by atoms with Gasteiger partial charge in [0.2, 0.25) is 0 Å². The van der Waals surface area contributed by atoms with Crippen molar-refractivity contribution in [1.82, 2.24) is 10.2 Å². The maximum absolute atomic E-state index is 3.49. The smallest absolute Gasteiger partial charge is 0.00923 e. The third kappa shape index (κ3) is 2.29. The molecule has 1 aliphatic heterocycles. The van der Waals surface area contributed by atoms with E-state index in [4.69, 9.17) is 0 Å². The van der Waals surface area contributed by atoms with Crippen molar-refractivity contribution in [3.63, 3.8) is 0 Å². The summed E-state index contributed by atoms with van der Waals surface area (Å²) in [5, 5.41) is 3.49. The Hall–Kier alpha value is -0.0800. The third-order valence-electron chi connectivity index (χ3n) is 4.15. The molecule has 1 N–H and O–H groups in total. The van der Waals surface area contributed by atoms with Gasteiger partial charge in [0, 0.05) is 12.6 Å². The van der Waals surface area contributed by atoms with Gasteiger partial charge in [0.25, 0.3) is 0 Å². The van der Waals surface area contributed by atoms with E-state index in [2.05, 4.69) is 24.2 Å². The van der Waals surface area contributed by atoms with E-state index in [-0.39, 0.29) is 0 Å². The van der Waals surface area contributed by atoms with Crippen molar-refractivity contribution < 1.29 is 0 Å². The van der Waals surface area contributed by atoms with Crippen molar-refractivity contribution in [1.29, 1.82) is 0 Å². The molecule has 1 saturated carbocycles. The molecule has 1 saturated heterocycles. The highest BCUT2D eigenvalue weighted by atomic mass is 15.1. The van der Waals surface area contributed by atoms with Gasteiger partial charge in [0.05, 0.1) is 0 Å². The molecule has 1 aliphatic carbocycles. The van der Waals surface area contributed by atoms with Gasteiger partial charge in [-0.15, -0.1) is 0 Å². The van der Waals surface area contributed by atoms with Crippen LogP contribution in [-0.4, -0.2) is 37.6 Å². The van der Waals surface area contributed by atoms with Crippen LogP contribution in [0.25, 0.3) is 0 Å². The van der Waals surface area contributed by atoms with Gasteiger partial charge in [-0.3, -0.25) is 0 Å². The average Bonchev–Trinajstić information content (AvgIpc) is 2.77. The lowest BCUT2D eigenvalue weighted by atomic mass is 9.97. The molecular weight excluding hydrogens is 172 g/mol. The lowest BCUT2D eigenvalue weighted by Gasteiger charge is -2.28. The summed E-state index contributed by atoms with van der Waals surface area (Å²) in [6.45, 7) is 6.15. The Morgan fingerprint density at radius 3 is 2.50 bits per heavy atom. The first kappa shape index (κ1) is 10.4. The molecule has 2 aliphatic rings. The van der Waals surface area contributed by atoms with Gasteiger partial charge < -0.3 is 10.2 Å². The maximum atomic E-state index is 3.49. The Morgan fingerprint density at radius 2 is 1.93 bits per heavy atom. The Balaban J connectivity index is 1.78. The van der Waals surface area contributed by atoms with Gasteiger partial charge in [-0.05, 0) is 44.8 Å². The summed E-state index contributed by atoms with van der Waals surface area (Å²) in [6.07, 6.45) is 5.77. The van der Waals surface area contributed by atoms with Crippen LogP contribution in [0.2, 0.25) is 0 Å². The van der Waals surface area contributed by atoms with Crippen LogP contribution in [0.4, 0.5) is 0 Å². The van der Waals surface area contributed by atoms with E-state index in [0.717, 1.165) is 17.9 Å². The van der Waals surface area contributed by atoms with E-state index in [1.165, 1.54) is 45.3 Å². The molecular formula is C12H24N2. The van der Waals surface area contributed by atoms with Crippen molar-refractivity contribution in [2.45, 2.75) is 38.6 Å². The first-order valence-corrected chi connectivity index (χ1v) is 6.18. The molecule has 82 valence electrons. The minimum Gasteiger partial charge on any atom is -0.316 e. The monoisotopic (exact) mass is 196 g/mol. The fraction of sp³-hybridized carbons (Fsp3) is 1.00. The van der Waals surface area contributed by atoms with Crippen LogP contribution >= 0.6 is 0 Å². The summed E-state index contributed by atoms with van der Waals surface area (Å²) in [4.78, 5) is 2.61. The summed E-state index contributed by atoms with van der Waals surface area (Å²) in [6, 6.07) is 0.891. The van der Waals surface area contributed by atoms with Crippen LogP contribution in [0.5, 0.6) is 0 Å². The summed E-state index contributed by atoms with van der Waals surface area (Å²) in [7, 11) is 2.32. The molecule has 0 aromatic carbocycles. The molecule has 2 atom stereocenters. The van der Waals surface area contributed by atoms with Gasteiger partial charge in [-0.1, -0.05) is 19.8 Å². The Labute approximate surface area is 88.1 Å². The van der Waals surface area contributed by atoms with Gasteiger partial charge in [0.1, 0.15) is 0 Å². The first-order chi connectivity index (χ1) is 6.77. The lowest BCUT2D eigenvalue weighted by Crippen LogP contribution is -2.35. The predicted octanol–water partition coefficient (Wildman–Crippen LogP) is 1.72. The molecule has 0 unspecified atom stereocenters. The quantitative estimate of drug-likeness (QED) is 0.739. The summed E-state index contributed by atoms with van der Waals surface area (Å²) in [5.41, 5.74) is 0. The summed E-state index contributed by atoms with van der Waals surface area (Å²) in [5.74, 6) is 1.76. The number of hydrogen-bond acceptors (Lipinski definition) is 2. The fourth-order valence-electron chi connectivity index (χ4n) is 2.97. The van der Waals surface area contributed by atoms with Crippen LogP contribution in [0, 0.1) is 11.8 Å². The maximum Gasteiger partial charge on any atom is 0.00923 e. The molecule has 0 spiro atoms. The Bertz CT molecular complexity index is 175. The molecule has 0 aromatic heterocycles. The molecule has 2 rings (SSSR count). The van der Waals surface area contributed by atoms with Crippen molar-refractivity contribution in [2.24, 2.45) is 11.8 Å². The summed E-state index contributed by atoms with van der Waals surface area (Å²) < 4.78 is 0. The molecule has 0 amide bonds. The van der Waals surface area contributed by atoms with Crippen molar-refractivity contribution in [3.05, 3.63) is 0 Å². The fourth-order valence-corrected chi connectivity index (χ4v) is 2.97. The van der Waals surface area contributed by atoms with Crippen LogP contribution in [0.3, 0.4) is 0 Å². The number of hydrogen-bond donors (Lipinski definition) is 1. The summed E-state index contributed by atoms with van der Waals surface area (Å²) >= 11 is 0. The molecule has 14 heavy (non-hydrogen) atoms. The highest BCUT2D eigenvalue weighted by molar-refractivity contribution is 4.83. The Kier molecular flexibility index (Phi) is 3.45. The predicted molar refractivity (Wildman–Crippen MR) is 60.4 cm³/mol. The molecule has 0 radical (unpaired) electrons. The first-order valence-electron chi connectivity index (χ1n) is 6.18. The zero-order chi connectivity index (χ0) is 9.97. The minimum absolute atomic E-state index is 0.874. The normalized spacial score (nSPS) is 34.5. The third-order valence-corrected chi connectivity index (χ3v) is 4.15. The van der Waals surface area contributed by atoms with E-state index in [1.54, 1.807) is 0 Å². The topological polar surface area (TPSA) is 15.3 Å². The van der Waals surface area contributed by atoms with E-state index >= 15 is 0 Å². The lowest BCUT2D eigenvalue weighted by molar-refractivity contribution is 0.198. The largest absolute Gasteiger partial charge is 0.316 e. The second-order valence-corrected chi connectivity index (χ2v) is 5.27. The number of nitrogens with zero attached hydrogens (tertiary/aromatic N) is 1. The molecule has 0 aromatic rings. The van der Waals surface area contributed by atoms with E-state index in [9.17, 15) is 0 Å². The second-order valence-electron chi connectivity index (χ2n) is 5.27. The van der Waals surface area contributed by atoms with Crippen LogP contribution in [0.1, 0.15) is 32.6 Å². The van der Waals surface area contributed by atoms with Crippen LogP contribution in [0.15, 0.2) is 0 Å². The highest BCUT2D eigenvalue weighted by Gasteiger charge is 2.27. The zero-order valence-corrected chi connectivity index (χ0v) is 9.63. The van der Waals surface area contributed by atoms with Gasteiger partial charge in [-0.2, -0.15) is 0 Å². The van der Waals surface area contributed by atoms with Crippen LogP contribution < -0.4 is 5.32 Å². The molecule has 0 bridgehead atoms. The van der Waals surface area contributed by atoms with Crippen LogP contribution in [-0.2, 0) is 0 Å². The van der Waals surface area contributed by atoms with Crippen molar-refractivity contribution in [3.8, 4) is 0 Å². The highest BCUT2D eigenvalue weighted by Crippen LogP contribution is 2.25. The standard InChI is InChI=1S/C12H24N2/c1-10-7-13-8-11(10)9-14(2)12-5-3-4-6-12/h10-13H,3-9H2,1-2H3/t10-,11+/m1/s1. The minimum atomic E-state index is 0.874. The van der Waals surface area contributed by atoms with Crippen molar-refractivity contribution >= 4 is 0 Å². The number of nitrogens with one attached hydrogen (secondary N) is 1. The molecule has 2 fully saturated rings. The number of rotatable bonds is 3. The Morgan fingerprint density at radius 1 is 1.21 bits per heavy atom. The van der Waals surface area contributed by atoms with E-state index in [0.29, 0.717) is 0 Å². The average molecular weight is 196 g/mol.